The Kier molecular flexibility index (Phi) is 5.27. The maximum atomic E-state index is 12.8. The fraction of sp³-hybridized carbons (Fsp3) is 0.176. The minimum atomic E-state index is -3.91. The van der Waals surface area contributed by atoms with E-state index in [4.69, 9.17) is 4.74 Å². The summed E-state index contributed by atoms with van der Waals surface area (Å²) in [5.41, 5.74) is 1.26. The number of nitrogens with one attached hydrogen (secondary N) is 2. The summed E-state index contributed by atoms with van der Waals surface area (Å²) < 4.78 is 34.7. The first-order chi connectivity index (χ1) is 13.3. The van der Waals surface area contributed by atoms with Crippen molar-refractivity contribution in [2.75, 3.05) is 17.1 Å². The van der Waals surface area contributed by atoms with Gasteiger partial charge in [0.2, 0.25) is 5.91 Å². The molecule has 28 heavy (non-hydrogen) atoms. The van der Waals surface area contributed by atoms with E-state index in [2.05, 4.69) is 25.6 Å². The molecule has 10 nitrogen and oxygen atoms in total. The summed E-state index contributed by atoms with van der Waals surface area (Å²) in [6.45, 7) is 1.33. The standard InChI is InChI=1S/C17H18N6O4S/c1-11(24)18-15-10-14(7-8-16(15)27-3)28(25,26)20-13-6-4-5-12(9-13)17-19-21-22-23(17)2/h4-10,20H,1-3H3,(H,18,24). The molecule has 0 radical (unpaired) electrons. The van der Waals surface area contributed by atoms with Crippen molar-refractivity contribution in [1.29, 1.82) is 0 Å². The molecule has 0 fully saturated rings. The summed E-state index contributed by atoms with van der Waals surface area (Å²) in [5, 5.41) is 13.8. The van der Waals surface area contributed by atoms with E-state index in [0.29, 0.717) is 22.8 Å². The molecule has 0 bridgehead atoms. The van der Waals surface area contributed by atoms with Crippen LogP contribution in [0.4, 0.5) is 11.4 Å². The quantitative estimate of drug-likeness (QED) is 0.641. The van der Waals surface area contributed by atoms with E-state index in [1.54, 1.807) is 31.3 Å². The Morgan fingerprint density at radius 2 is 1.96 bits per heavy atom. The first-order valence-corrected chi connectivity index (χ1v) is 9.60. The average molecular weight is 402 g/mol. The highest BCUT2D eigenvalue weighted by Gasteiger charge is 2.18. The van der Waals surface area contributed by atoms with Crippen LogP contribution in [0.3, 0.4) is 0 Å². The third-order valence-electron chi connectivity index (χ3n) is 3.79. The number of tetrazole rings is 1. The zero-order chi connectivity index (χ0) is 20.3. The number of nitrogens with zero attached hydrogens (tertiary/aromatic N) is 4. The molecule has 0 saturated carbocycles. The van der Waals surface area contributed by atoms with Crippen LogP contribution in [-0.2, 0) is 21.9 Å². The number of carbonyl (C=O) groups excluding carboxylic acids is 1. The van der Waals surface area contributed by atoms with Crippen LogP contribution in [0, 0.1) is 0 Å². The Bertz CT molecular complexity index is 1130. The lowest BCUT2D eigenvalue weighted by atomic mass is 10.2. The van der Waals surface area contributed by atoms with Gasteiger partial charge in [0.05, 0.1) is 17.7 Å². The molecule has 0 aliphatic rings. The fourth-order valence-corrected chi connectivity index (χ4v) is 3.63. The number of benzene rings is 2. The molecule has 1 amide bonds. The summed E-state index contributed by atoms with van der Waals surface area (Å²) in [4.78, 5) is 11.3. The highest BCUT2D eigenvalue weighted by Crippen LogP contribution is 2.29. The van der Waals surface area contributed by atoms with Crippen LogP contribution < -0.4 is 14.8 Å². The smallest absolute Gasteiger partial charge is 0.261 e. The summed E-state index contributed by atoms with van der Waals surface area (Å²) >= 11 is 0. The topological polar surface area (TPSA) is 128 Å². The Morgan fingerprint density at radius 1 is 1.18 bits per heavy atom. The number of amides is 1. The van der Waals surface area contributed by atoms with Gasteiger partial charge in [-0.3, -0.25) is 9.52 Å². The molecule has 0 saturated heterocycles. The van der Waals surface area contributed by atoms with Gasteiger partial charge in [-0.2, -0.15) is 0 Å². The highest BCUT2D eigenvalue weighted by molar-refractivity contribution is 7.92. The fourth-order valence-electron chi connectivity index (χ4n) is 2.55. The van der Waals surface area contributed by atoms with Crippen molar-refractivity contribution in [3.05, 3.63) is 42.5 Å². The molecule has 0 aliphatic heterocycles. The number of rotatable bonds is 6. The summed E-state index contributed by atoms with van der Waals surface area (Å²) in [5.74, 6) is 0.509. The highest BCUT2D eigenvalue weighted by atomic mass is 32.2. The van der Waals surface area contributed by atoms with Gasteiger partial charge in [0.15, 0.2) is 5.82 Å². The van der Waals surface area contributed by atoms with Crippen molar-refractivity contribution >= 4 is 27.3 Å². The SMILES string of the molecule is COc1ccc(S(=O)(=O)Nc2cccc(-c3nnnn3C)c2)cc1NC(C)=O. The van der Waals surface area contributed by atoms with E-state index in [9.17, 15) is 13.2 Å². The van der Waals surface area contributed by atoms with Crippen LogP contribution in [0.5, 0.6) is 5.75 Å². The Morgan fingerprint density at radius 3 is 2.61 bits per heavy atom. The van der Waals surface area contributed by atoms with E-state index >= 15 is 0 Å². The molecule has 3 aromatic rings. The number of hydrogen-bond acceptors (Lipinski definition) is 7. The van der Waals surface area contributed by atoms with E-state index in [1.807, 2.05) is 0 Å². The van der Waals surface area contributed by atoms with E-state index in [0.717, 1.165) is 0 Å². The van der Waals surface area contributed by atoms with Crippen LogP contribution in [0.25, 0.3) is 11.4 Å². The Hall–Kier alpha value is -3.47. The number of hydrogen-bond donors (Lipinski definition) is 2. The molecule has 2 N–H and O–H groups in total. The van der Waals surface area contributed by atoms with Crippen molar-refractivity contribution in [2.45, 2.75) is 11.8 Å². The second kappa shape index (κ2) is 7.64. The van der Waals surface area contributed by atoms with Gasteiger partial charge in [-0.15, -0.1) is 5.10 Å². The predicted octanol–water partition coefficient (Wildman–Crippen LogP) is 1.64. The molecule has 2 aromatic carbocycles. The first kappa shape index (κ1) is 19.3. The van der Waals surface area contributed by atoms with Crippen molar-refractivity contribution in [2.24, 2.45) is 7.05 Å². The maximum absolute atomic E-state index is 12.8. The molecule has 11 heteroatoms. The second-order valence-electron chi connectivity index (χ2n) is 5.86. The lowest BCUT2D eigenvalue weighted by Crippen LogP contribution is -2.14. The minimum absolute atomic E-state index is 0.0252. The van der Waals surface area contributed by atoms with Crippen LogP contribution in [-0.4, -0.2) is 41.6 Å². The maximum Gasteiger partial charge on any atom is 0.261 e. The lowest BCUT2D eigenvalue weighted by molar-refractivity contribution is -0.114. The number of carbonyl (C=O) groups is 1. The van der Waals surface area contributed by atoms with E-state index < -0.39 is 10.0 Å². The predicted molar refractivity (Wildman–Crippen MR) is 102 cm³/mol. The van der Waals surface area contributed by atoms with Crippen molar-refractivity contribution in [3.63, 3.8) is 0 Å². The molecule has 3 rings (SSSR count). The zero-order valence-electron chi connectivity index (χ0n) is 15.4. The lowest BCUT2D eigenvalue weighted by Gasteiger charge is -2.13. The van der Waals surface area contributed by atoms with Gasteiger partial charge in [0.25, 0.3) is 10.0 Å². The third-order valence-corrected chi connectivity index (χ3v) is 5.16. The Balaban J connectivity index is 1.92. The number of anilines is 2. The largest absolute Gasteiger partial charge is 0.495 e. The summed E-state index contributed by atoms with van der Waals surface area (Å²) in [6.07, 6.45) is 0. The van der Waals surface area contributed by atoms with Gasteiger partial charge in [0.1, 0.15) is 5.75 Å². The van der Waals surface area contributed by atoms with Crippen molar-refractivity contribution in [3.8, 4) is 17.1 Å². The van der Waals surface area contributed by atoms with Crippen LogP contribution >= 0.6 is 0 Å². The molecule has 0 aliphatic carbocycles. The number of methoxy groups -OCH3 is 1. The van der Waals surface area contributed by atoms with Gasteiger partial charge in [-0.1, -0.05) is 12.1 Å². The van der Waals surface area contributed by atoms with Crippen LogP contribution in [0.1, 0.15) is 6.92 Å². The molecule has 0 spiro atoms. The van der Waals surface area contributed by atoms with Crippen LogP contribution in [0.2, 0.25) is 0 Å². The molecular formula is C17H18N6O4S. The van der Waals surface area contributed by atoms with Gasteiger partial charge in [-0.25, -0.2) is 13.1 Å². The van der Waals surface area contributed by atoms with Gasteiger partial charge in [0, 0.05) is 25.2 Å². The molecular weight excluding hydrogens is 384 g/mol. The van der Waals surface area contributed by atoms with E-state index in [1.165, 1.54) is 36.9 Å². The molecule has 1 aromatic heterocycles. The van der Waals surface area contributed by atoms with Gasteiger partial charge >= 0.3 is 0 Å². The summed E-state index contributed by atoms with van der Waals surface area (Å²) in [6, 6.07) is 10.9. The number of sulfonamides is 1. The average Bonchev–Trinajstić information content (AvgIpc) is 3.07. The van der Waals surface area contributed by atoms with Gasteiger partial charge in [-0.05, 0) is 40.8 Å². The number of aryl methyl sites for hydroxylation is 1. The van der Waals surface area contributed by atoms with Crippen LogP contribution in [0.15, 0.2) is 47.4 Å². The van der Waals surface area contributed by atoms with Crippen molar-refractivity contribution in [1.82, 2.24) is 20.2 Å². The zero-order valence-corrected chi connectivity index (χ0v) is 16.2. The molecule has 146 valence electrons. The monoisotopic (exact) mass is 402 g/mol. The third kappa shape index (κ3) is 4.09. The molecule has 0 atom stereocenters. The molecule has 1 heterocycles. The van der Waals surface area contributed by atoms with Gasteiger partial charge < -0.3 is 10.1 Å². The normalized spacial score (nSPS) is 11.1. The number of ether oxygens (including phenoxy) is 1. The summed E-state index contributed by atoms with van der Waals surface area (Å²) in [7, 11) is -0.790. The number of aromatic nitrogens is 4. The first-order valence-electron chi connectivity index (χ1n) is 8.11. The van der Waals surface area contributed by atoms with E-state index in [-0.39, 0.29) is 16.5 Å². The molecule has 0 unspecified atom stereocenters. The minimum Gasteiger partial charge on any atom is -0.495 e. The second-order valence-corrected chi connectivity index (χ2v) is 7.54. The Labute approximate surface area is 161 Å². The van der Waals surface area contributed by atoms with Crippen molar-refractivity contribution < 1.29 is 17.9 Å².